The Hall–Kier alpha value is -0.300. The van der Waals surface area contributed by atoms with E-state index in [0.29, 0.717) is 0 Å². The summed E-state index contributed by atoms with van der Waals surface area (Å²) >= 11 is 0. The van der Waals surface area contributed by atoms with E-state index in [1.54, 1.807) is 0 Å². The predicted octanol–water partition coefficient (Wildman–Crippen LogP) is 1.69. The standard InChI is InChI=1S/C7H15N/c1-4-5-6(2)7(3)8/h5,7H,4,8H2,1-3H3/b6-5+/t7-/m1/s1. The molecule has 0 rings (SSSR count). The lowest BCUT2D eigenvalue weighted by Crippen LogP contribution is -2.15. The van der Waals surface area contributed by atoms with E-state index in [1.807, 2.05) is 6.92 Å². The van der Waals surface area contributed by atoms with Gasteiger partial charge in [0.1, 0.15) is 0 Å². The van der Waals surface area contributed by atoms with Crippen LogP contribution in [0.1, 0.15) is 27.2 Å². The van der Waals surface area contributed by atoms with Crippen LogP contribution >= 0.6 is 0 Å². The van der Waals surface area contributed by atoms with Crippen LogP contribution in [0.4, 0.5) is 0 Å². The molecule has 0 bridgehead atoms. The molecule has 0 fully saturated rings. The first-order valence-electron chi connectivity index (χ1n) is 3.10. The summed E-state index contributed by atoms with van der Waals surface area (Å²) in [7, 11) is 0. The summed E-state index contributed by atoms with van der Waals surface area (Å²) in [4.78, 5) is 0. The molecule has 0 aliphatic carbocycles. The van der Waals surface area contributed by atoms with E-state index in [0.717, 1.165) is 6.42 Å². The van der Waals surface area contributed by atoms with Crippen LogP contribution in [-0.4, -0.2) is 6.04 Å². The third-order valence-corrected chi connectivity index (χ3v) is 1.24. The molecule has 2 N–H and O–H groups in total. The fraction of sp³-hybridized carbons (Fsp3) is 0.714. The van der Waals surface area contributed by atoms with Crippen molar-refractivity contribution in [3.63, 3.8) is 0 Å². The molecule has 48 valence electrons. The summed E-state index contributed by atoms with van der Waals surface area (Å²) in [5.74, 6) is 0. The molecule has 0 aromatic heterocycles. The van der Waals surface area contributed by atoms with Crippen molar-refractivity contribution in [2.75, 3.05) is 0 Å². The van der Waals surface area contributed by atoms with Gasteiger partial charge in [-0.3, -0.25) is 0 Å². The van der Waals surface area contributed by atoms with Gasteiger partial charge < -0.3 is 5.73 Å². The molecule has 0 aromatic carbocycles. The molecule has 0 heterocycles. The second kappa shape index (κ2) is 3.67. The maximum atomic E-state index is 5.55. The summed E-state index contributed by atoms with van der Waals surface area (Å²) in [6, 6.07) is 0.231. The number of rotatable bonds is 2. The van der Waals surface area contributed by atoms with Gasteiger partial charge in [-0.25, -0.2) is 0 Å². The Balaban J connectivity index is 3.61. The van der Waals surface area contributed by atoms with Gasteiger partial charge in [0.25, 0.3) is 0 Å². The summed E-state index contributed by atoms with van der Waals surface area (Å²) in [5.41, 5.74) is 6.84. The second-order valence-corrected chi connectivity index (χ2v) is 2.15. The summed E-state index contributed by atoms with van der Waals surface area (Å²) in [5, 5.41) is 0. The minimum absolute atomic E-state index is 0.231. The van der Waals surface area contributed by atoms with E-state index in [-0.39, 0.29) is 6.04 Å². The number of hydrogen-bond acceptors (Lipinski definition) is 1. The van der Waals surface area contributed by atoms with Gasteiger partial charge in [-0.05, 0) is 20.3 Å². The summed E-state index contributed by atoms with van der Waals surface area (Å²) in [6.07, 6.45) is 3.25. The van der Waals surface area contributed by atoms with Gasteiger partial charge in [0.05, 0.1) is 0 Å². The molecule has 0 amide bonds. The molecule has 0 aliphatic rings. The Bertz CT molecular complexity index is 82.4. The largest absolute Gasteiger partial charge is 0.324 e. The molecule has 0 saturated heterocycles. The fourth-order valence-corrected chi connectivity index (χ4v) is 0.508. The number of hydrogen-bond donors (Lipinski definition) is 1. The van der Waals surface area contributed by atoms with Crippen LogP contribution in [0.25, 0.3) is 0 Å². The average molecular weight is 113 g/mol. The Labute approximate surface area is 51.6 Å². The Morgan fingerprint density at radius 3 is 2.38 bits per heavy atom. The van der Waals surface area contributed by atoms with Crippen LogP contribution in [-0.2, 0) is 0 Å². The van der Waals surface area contributed by atoms with E-state index in [1.165, 1.54) is 5.57 Å². The highest BCUT2D eigenvalue weighted by Gasteiger charge is 1.91. The van der Waals surface area contributed by atoms with Gasteiger partial charge in [0, 0.05) is 6.04 Å². The number of nitrogens with two attached hydrogens (primary N) is 1. The van der Waals surface area contributed by atoms with Crippen LogP contribution in [0.5, 0.6) is 0 Å². The maximum absolute atomic E-state index is 5.55. The minimum atomic E-state index is 0.231. The van der Waals surface area contributed by atoms with Crippen molar-refractivity contribution in [1.82, 2.24) is 0 Å². The average Bonchev–Trinajstić information content (AvgIpc) is 1.67. The van der Waals surface area contributed by atoms with E-state index in [2.05, 4.69) is 19.9 Å². The third kappa shape index (κ3) is 2.80. The minimum Gasteiger partial charge on any atom is -0.324 e. The molecule has 8 heavy (non-hydrogen) atoms. The lowest BCUT2D eigenvalue weighted by molar-refractivity contribution is 0.852. The van der Waals surface area contributed by atoms with Gasteiger partial charge in [-0.1, -0.05) is 18.6 Å². The molecule has 0 radical (unpaired) electrons. The molecule has 0 aromatic rings. The van der Waals surface area contributed by atoms with E-state index >= 15 is 0 Å². The Morgan fingerprint density at radius 1 is 1.75 bits per heavy atom. The highest BCUT2D eigenvalue weighted by Crippen LogP contribution is 1.97. The highest BCUT2D eigenvalue weighted by atomic mass is 14.6. The quantitative estimate of drug-likeness (QED) is 0.542. The van der Waals surface area contributed by atoms with Gasteiger partial charge in [0.2, 0.25) is 0 Å². The smallest absolute Gasteiger partial charge is 0.0222 e. The maximum Gasteiger partial charge on any atom is 0.0222 e. The van der Waals surface area contributed by atoms with Crippen LogP contribution in [0.2, 0.25) is 0 Å². The molecular formula is C7H15N. The van der Waals surface area contributed by atoms with E-state index in [4.69, 9.17) is 5.73 Å². The zero-order chi connectivity index (χ0) is 6.57. The highest BCUT2D eigenvalue weighted by molar-refractivity contribution is 5.03. The van der Waals surface area contributed by atoms with Gasteiger partial charge in [-0.15, -0.1) is 0 Å². The van der Waals surface area contributed by atoms with Gasteiger partial charge in [-0.2, -0.15) is 0 Å². The zero-order valence-electron chi connectivity index (χ0n) is 5.94. The third-order valence-electron chi connectivity index (χ3n) is 1.24. The Morgan fingerprint density at radius 2 is 2.25 bits per heavy atom. The first-order chi connectivity index (χ1) is 3.68. The fourth-order valence-electron chi connectivity index (χ4n) is 0.508. The van der Waals surface area contributed by atoms with Crippen molar-refractivity contribution >= 4 is 0 Å². The summed E-state index contributed by atoms with van der Waals surface area (Å²) < 4.78 is 0. The SMILES string of the molecule is CC/C=C(\C)[C@@H](C)N. The van der Waals surface area contributed by atoms with Crippen molar-refractivity contribution in [3.8, 4) is 0 Å². The molecule has 0 saturated carbocycles. The lowest BCUT2D eigenvalue weighted by atomic mass is 10.1. The van der Waals surface area contributed by atoms with Crippen molar-refractivity contribution in [2.45, 2.75) is 33.2 Å². The zero-order valence-corrected chi connectivity index (χ0v) is 5.94. The normalized spacial score (nSPS) is 16.2. The van der Waals surface area contributed by atoms with Crippen LogP contribution in [0, 0.1) is 0 Å². The monoisotopic (exact) mass is 113 g/mol. The molecule has 1 nitrogen and oxygen atoms in total. The molecule has 1 atom stereocenters. The first kappa shape index (κ1) is 7.70. The molecule has 1 heteroatoms. The number of allylic oxidation sites excluding steroid dienone is 1. The van der Waals surface area contributed by atoms with Gasteiger partial charge in [0.15, 0.2) is 0 Å². The van der Waals surface area contributed by atoms with Crippen molar-refractivity contribution < 1.29 is 0 Å². The van der Waals surface area contributed by atoms with Gasteiger partial charge >= 0.3 is 0 Å². The van der Waals surface area contributed by atoms with E-state index < -0.39 is 0 Å². The predicted molar refractivity (Wildman–Crippen MR) is 37.7 cm³/mol. The lowest BCUT2D eigenvalue weighted by Gasteiger charge is -2.02. The molecule has 0 spiro atoms. The first-order valence-corrected chi connectivity index (χ1v) is 3.10. The molecule has 0 aliphatic heterocycles. The molecule has 0 unspecified atom stereocenters. The Kier molecular flexibility index (Phi) is 3.53. The molecular weight excluding hydrogens is 98.1 g/mol. The second-order valence-electron chi connectivity index (χ2n) is 2.15. The van der Waals surface area contributed by atoms with Crippen LogP contribution in [0.3, 0.4) is 0 Å². The topological polar surface area (TPSA) is 26.0 Å². The van der Waals surface area contributed by atoms with Crippen molar-refractivity contribution in [2.24, 2.45) is 5.73 Å². The van der Waals surface area contributed by atoms with Crippen molar-refractivity contribution in [3.05, 3.63) is 11.6 Å². The van der Waals surface area contributed by atoms with E-state index in [9.17, 15) is 0 Å². The van der Waals surface area contributed by atoms with Crippen molar-refractivity contribution in [1.29, 1.82) is 0 Å². The van der Waals surface area contributed by atoms with Crippen LogP contribution < -0.4 is 5.73 Å². The summed E-state index contributed by atoms with van der Waals surface area (Å²) in [6.45, 7) is 6.18. The van der Waals surface area contributed by atoms with Crippen LogP contribution in [0.15, 0.2) is 11.6 Å².